The second kappa shape index (κ2) is 5.19. The minimum Gasteiger partial charge on any atom is -0.390 e. The molecule has 0 aliphatic heterocycles. The number of hydrogen-bond acceptors (Lipinski definition) is 3. The number of amides is 1. The highest BCUT2D eigenvalue weighted by Crippen LogP contribution is 2.37. The van der Waals surface area contributed by atoms with E-state index in [1.807, 2.05) is 25.1 Å². The smallest absolute Gasteiger partial charge is 0.223 e. The van der Waals surface area contributed by atoms with Gasteiger partial charge >= 0.3 is 0 Å². The van der Waals surface area contributed by atoms with Crippen LogP contribution in [0.5, 0.6) is 0 Å². The molecule has 20 heavy (non-hydrogen) atoms. The summed E-state index contributed by atoms with van der Waals surface area (Å²) in [5.41, 5.74) is 2.22. The van der Waals surface area contributed by atoms with E-state index in [2.05, 4.69) is 11.4 Å². The van der Waals surface area contributed by atoms with Crippen LogP contribution < -0.4 is 5.32 Å². The average Bonchev–Trinajstić information content (AvgIpc) is 3.22. The first-order valence-electron chi connectivity index (χ1n) is 7.29. The van der Waals surface area contributed by atoms with Crippen molar-refractivity contribution in [3.63, 3.8) is 0 Å². The van der Waals surface area contributed by atoms with Gasteiger partial charge in [0.05, 0.1) is 12.1 Å². The van der Waals surface area contributed by atoms with Crippen molar-refractivity contribution < 1.29 is 15.0 Å². The van der Waals surface area contributed by atoms with Crippen LogP contribution in [0.4, 0.5) is 0 Å². The van der Waals surface area contributed by atoms with Crippen molar-refractivity contribution in [3.05, 3.63) is 35.4 Å². The lowest BCUT2D eigenvalue weighted by atomic mass is 9.92. The first-order valence-corrected chi connectivity index (χ1v) is 7.29. The second-order valence-electron chi connectivity index (χ2n) is 6.12. The summed E-state index contributed by atoms with van der Waals surface area (Å²) in [7, 11) is 0. The van der Waals surface area contributed by atoms with Crippen molar-refractivity contribution in [1.82, 2.24) is 5.32 Å². The summed E-state index contributed by atoms with van der Waals surface area (Å²) < 4.78 is 0. The van der Waals surface area contributed by atoms with Crippen LogP contribution in [0, 0.1) is 12.8 Å². The fraction of sp³-hybridized carbons (Fsp3) is 0.562. The molecule has 2 fully saturated rings. The summed E-state index contributed by atoms with van der Waals surface area (Å²) in [4.78, 5) is 12.0. The second-order valence-corrected chi connectivity index (χ2v) is 6.12. The molecule has 0 spiro atoms. The number of carbonyl (C=O) groups excluding carboxylic acids is 1. The fourth-order valence-electron chi connectivity index (χ4n) is 3.08. The Bertz CT molecular complexity index is 512. The highest BCUT2D eigenvalue weighted by atomic mass is 16.3. The highest BCUT2D eigenvalue weighted by Gasteiger charge is 2.44. The number of carbonyl (C=O) groups is 1. The lowest BCUT2D eigenvalue weighted by molar-refractivity contribution is -0.124. The molecule has 3 rings (SSSR count). The van der Waals surface area contributed by atoms with Gasteiger partial charge in [-0.25, -0.2) is 0 Å². The van der Waals surface area contributed by atoms with Crippen molar-refractivity contribution in [1.29, 1.82) is 0 Å². The zero-order chi connectivity index (χ0) is 14.3. The van der Waals surface area contributed by atoms with Gasteiger partial charge in [0.15, 0.2) is 0 Å². The van der Waals surface area contributed by atoms with Crippen LogP contribution in [-0.2, 0) is 4.79 Å². The largest absolute Gasteiger partial charge is 0.390 e. The Morgan fingerprint density at radius 3 is 2.70 bits per heavy atom. The topological polar surface area (TPSA) is 69.6 Å². The predicted octanol–water partition coefficient (Wildman–Crippen LogP) is 1.10. The number of benzene rings is 1. The first kappa shape index (κ1) is 13.6. The van der Waals surface area contributed by atoms with Crippen molar-refractivity contribution in [2.24, 2.45) is 5.92 Å². The van der Waals surface area contributed by atoms with Crippen LogP contribution in [0.2, 0.25) is 0 Å². The normalized spacial score (nSPS) is 33.1. The molecule has 4 nitrogen and oxygen atoms in total. The summed E-state index contributed by atoms with van der Waals surface area (Å²) in [5.74, 6) is 0.0986. The Hall–Kier alpha value is -1.39. The lowest BCUT2D eigenvalue weighted by Gasteiger charge is -2.24. The number of aliphatic hydroxyl groups is 2. The van der Waals surface area contributed by atoms with Gasteiger partial charge < -0.3 is 15.5 Å². The monoisotopic (exact) mass is 275 g/mol. The van der Waals surface area contributed by atoms with E-state index < -0.39 is 12.2 Å². The number of hydrogen-bond donors (Lipinski definition) is 3. The van der Waals surface area contributed by atoms with Gasteiger partial charge in [0.2, 0.25) is 5.91 Å². The molecule has 0 saturated heterocycles. The zero-order valence-electron chi connectivity index (χ0n) is 11.6. The van der Waals surface area contributed by atoms with E-state index in [9.17, 15) is 15.0 Å². The van der Waals surface area contributed by atoms with Crippen LogP contribution in [0.15, 0.2) is 24.3 Å². The van der Waals surface area contributed by atoms with Crippen molar-refractivity contribution in [3.8, 4) is 0 Å². The van der Waals surface area contributed by atoms with Gasteiger partial charge in [-0.15, -0.1) is 0 Å². The summed E-state index contributed by atoms with van der Waals surface area (Å²) in [6.45, 7) is 2.02. The molecule has 1 amide bonds. The molecule has 0 unspecified atom stereocenters. The minimum atomic E-state index is -0.886. The van der Waals surface area contributed by atoms with Crippen LogP contribution in [0.3, 0.4) is 0 Å². The van der Waals surface area contributed by atoms with Gasteiger partial charge in [0, 0.05) is 11.8 Å². The van der Waals surface area contributed by atoms with Crippen molar-refractivity contribution in [2.75, 3.05) is 0 Å². The molecule has 2 saturated carbocycles. The van der Waals surface area contributed by atoms with Gasteiger partial charge in [0.25, 0.3) is 0 Å². The highest BCUT2D eigenvalue weighted by molar-refractivity contribution is 5.81. The third-order valence-electron chi connectivity index (χ3n) is 4.42. The summed E-state index contributed by atoms with van der Waals surface area (Å²) in [6.07, 6.45) is 0.701. The maximum absolute atomic E-state index is 12.0. The van der Waals surface area contributed by atoms with E-state index in [1.165, 1.54) is 0 Å². The number of nitrogens with one attached hydrogen (secondary N) is 1. The third-order valence-corrected chi connectivity index (χ3v) is 4.42. The van der Waals surface area contributed by atoms with Crippen molar-refractivity contribution >= 4 is 5.91 Å². The lowest BCUT2D eigenvalue weighted by Crippen LogP contribution is -2.45. The standard InChI is InChI=1S/C16H21NO3/c1-9-3-2-4-11(7-9)12-8-13(18)15(19)14(12)17-16(20)10-5-6-10/h2-4,7,10,12-15,18-19H,5-6,8H2,1H3,(H,17,20)/t12-,13-,14-,15-/m1/s1. The molecule has 4 heteroatoms. The van der Waals surface area contributed by atoms with E-state index in [0.717, 1.165) is 24.0 Å². The van der Waals surface area contributed by atoms with E-state index in [1.54, 1.807) is 0 Å². The molecule has 2 aliphatic rings. The summed E-state index contributed by atoms with van der Waals surface area (Å²) in [6, 6.07) is 7.66. The minimum absolute atomic E-state index is 0.0146. The molecule has 108 valence electrons. The summed E-state index contributed by atoms with van der Waals surface area (Å²) in [5, 5.41) is 23.0. The molecule has 0 aromatic heterocycles. The van der Waals surface area contributed by atoms with E-state index >= 15 is 0 Å². The quantitative estimate of drug-likeness (QED) is 0.773. The summed E-state index contributed by atoms with van der Waals surface area (Å²) >= 11 is 0. The molecule has 0 radical (unpaired) electrons. The van der Waals surface area contributed by atoms with Gasteiger partial charge in [-0.3, -0.25) is 4.79 Å². The van der Waals surface area contributed by atoms with Gasteiger partial charge in [0.1, 0.15) is 6.10 Å². The molecule has 3 N–H and O–H groups in total. The van der Waals surface area contributed by atoms with Gasteiger partial charge in [-0.05, 0) is 31.7 Å². The molecule has 0 bridgehead atoms. The number of aryl methyl sites for hydroxylation is 1. The number of rotatable bonds is 3. The van der Waals surface area contributed by atoms with Gasteiger partial charge in [-0.2, -0.15) is 0 Å². The van der Waals surface area contributed by atoms with Gasteiger partial charge in [-0.1, -0.05) is 29.8 Å². The molecule has 1 aromatic carbocycles. The van der Waals surface area contributed by atoms with Crippen LogP contribution >= 0.6 is 0 Å². The molecular formula is C16H21NO3. The molecule has 1 aromatic rings. The Balaban J connectivity index is 1.81. The average molecular weight is 275 g/mol. The van der Waals surface area contributed by atoms with Crippen molar-refractivity contribution in [2.45, 2.75) is 50.4 Å². The molecule has 2 aliphatic carbocycles. The third kappa shape index (κ3) is 2.58. The Morgan fingerprint density at radius 1 is 1.30 bits per heavy atom. The zero-order valence-corrected chi connectivity index (χ0v) is 11.6. The fourth-order valence-corrected chi connectivity index (χ4v) is 3.08. The molecule has 0 heterocycles. The maximum atomic E-state index is 12.0. The van der Waals surface area contributed by atoms with E-state index in [-0.39, 0.29) is 23.8 Å². The predicted molar refractivity (Wildman–Crippen MR) is 75.2 cm³/mol. The Kier molecular flexibility index (Phi) is 3.52. The van der Waals surface area contributed by atoms with E-state index in [0.29, 0.717) is 6.42 Å². The Morgan fingerprint density at radius 2 is 2.05 bits per heavy atom. The van der Waals surface area contributed by atoms with E-state index in [4.69, 9.17) is 0 Å². The Labute approximate surface area is 118 Å². The SMILES string of the molecule is Cc1cccc([C@H]2C[C@@H](O)[C@@H](O)[C@@H]2NC(=O)C2CC2)c1. The number of aliphatic hydroxyl groups excluding tert-OH is 2. The van der Waals surface area contributed by atoms with Crippen LogP contribution in [0.1, 0.15) is 36.3 Å². The van der Waals surface area contributed by atoms with Crippen LogP contribution in [-0.4, -0.2) is 34.4 Å². The van der Waals surface area contributed by atoms with Crippen LogP contribution in [0.25, 0.3) is 0 Å². The first-order chi connectivity index (χ1) is 9.56. The molecular weight excluding hydrogens is 254 g/mol. The molecule has 4 atom stereocenters. The maximum Gasteiger partial charge on any atom is 0.223 e.